The van der Waals surface area contributed by atoms with Crippen molar-refractivity contribution in [1.82, 2.24) is 9.78 Å². The van der Waals surface area contributed by atoms with Gasteiger partial charge in [0.05, 0.1) is 10.2 Å². The number of nitrogens with zero attached hydrogens (tertiary/aromatic N) is 2. The quantitative estimate of drug-likeness (QED) is 0.853. The van der Waals surface area contributed by atoms with Gasteiger partial charge in [-0.2, -0.15) is 18.3 Å². The summed E-state index contributed by atoms with van der Waals surface area (Å²) in [6.07, 6.45) is -4.57. The van der Waals surface area contributed by atoms with Crippen LogP contribution in [0, 0.1) is 20.8 Å². The minimum Gasteiger partial charge on any atom is -0.324 e. The Hall–Kier alpha value is -1.83. The third-order valence-corrected chi connectivity index (χ3v) is 4.39. The predicted octanol–water partition coefficient (Wildman–Crippen LogP) is 4.23. The number of amides is 1. The van der Waals surface area contributed by atoms with E-state index >= 15 is 0 Å². The van der Waals surface area contributed by atoms with Gasteiger partial charge in [0, 0.05) is 5.69 Å². The molecule has 0 unspecified atom stereocenters. The fraction of sp³-hybridized carbons (Fsp3) is 0.333. The van der Waals surface area contributed by atoms with E-state index in [0.717, 1.165) is 15.8 Å². The fourth-order valence-corrected chi connectivity index (χ4v) is 2.69. The lowest BCUT2D eigenvalue weighted by Crippen LogP contribution is -2.21. The molecule has 23 heavy (non-hydrogen) atoms. The topological polar surface area (TPSA) is 46.9 Å². The van der Waals surface area contributed by atoms with E-state index in [-0.39, 0.29) is 16.7 Å². The highest BCUT2D eigenvalue weighted by atomic mass is 79.9. The zero-order chi connectivity index (χ0) is 17.4. The number of rotatable bonds is 3. The van der Waals surface area contributed by atoms with Crippen molar-refractivity contribution in [1.29, 1.82) is 0 Å². The van der Waals surface area contributed by atoms with Crippen molar-refractivity contribution in [3.05, 3.63) is 45.2 Å². The number of alkyl halides is 3. The number of nitrogens with one attached hydrogen (secondary N) is 1. The average molecular weight is 390 g/mol. The van der Waals surface area contributed by atoms with E-state index in [1.165, 1.54) is 6.92 Å². The number of aryl methyl sites for hydroxylation is 2. The van der Waals surface area contributed by atoms with E-state index in [9.17, 15) is 18.0 Å². The Morgan fingerprint density at radius 3 is 2.30 bits per heavy atom. The van der Waals surface area contributed by atoms with Crippen LogP contribution in [0.3, 0.4) is 0 Å². The first kappa shape index (κ1) is 17.5. The molecule has 0 radical (unpaired) electrons. The van der Waals surface area contributed by atoms with Crippen LogP contribution in [0.25, 0.3) is 0 Å². The van der Waals surface area contributed by atoms with Gasteiger partial charge in [0.1, 0.15) is 6.54 Å². The summed E-state index contributed by atoms with van der Waals surface area (Å²) in [5.74, 6) is -0.436. The number of aromatic nitrogens is 2. The number of para-hydroxylation sites is 1. The van der Waals surface area contributed by atoms with E-state index in [1.54, 1.807) is 0 Å². The maximum Gasteiger partial charge on any atom is 0.436 e. The second-order valence-corrected chi connectivity index (χ2v) is 6.01. The summed E-state index contributed by atoms with van der Waals surface area (Å²) in [6, 6.07) is 5.56. The molecule has 124 valence electrons. The highest BCUT2D eigenvalue weighted by Crippen LogP contribution is 2.35. The molecule has 1 heterocycles. The van der Waals surface area contributed by atoms with E-state index in [0.29, 0.717) is 5.69 Å². The summed E-state index contributed by atoms with van der Waals surface area (Å²) >= 11 is 2.88. The second-order valence-electron chi connectivity index (χ2n) is 5.22. The summed E-state index contributed by atoms with van der Waals surface area (Å²) in [7, 11) is 0. The van der Waals surface area contributed by atoms with Crippen molar-refractivity contribution in [2.75, 3.05) is 5.32 Å². The van der Waals surface area contributed by atoms with Crippen LogP contribution in [0.15, 0.2) is 22.7 Å². The van der Waals surface area contributed by atoms with Gasteiger partial charge < -0.3 is 5.32 Å². The number of halogens is 4. The van der Waals surface area contributed by atoms with Crippen LogP contribution >= 0.6 is 15.9 Å². The van der Waals surface area contributed by atoms with E-state index in [4.69, 9.17) is 0 Å². The average Bonchev–Trinajstić information content (AvgIpc) is 2.71. The van der Waals surface area contributed by atoms with Gasteiger partial charge in [-0.3, -0.25) is 9.48 Å². The lowest BCUT2D eigenvalue weighted by Gasteiger charge is -2.12. The van der Waals surface area contributed by atoms with Gasteiger partial charge in [-0.05, 0) is 47.8 Å². The van der Waals surface area contributed by atoms with Gasteiger partial charge in [-0.15, -0.1) is 0 Å². The minimum absolute atomic E-state index is 0.148. The van der Waals surface area contributed by atoms with Crippen LogP contribution in [0.5, 0.6) is 0 Å². The second kappa shape index (κ2) is 6.35. The van der Waals surface area contributed by atoms with Crippen molar-refractivity contribution >= 4 is 27.5 Å². The number of anilines is 1. The molecule has 0 saturated heterocycles. The number of benzene rings is 1. The molecule has 0 spiro atoms. The first-order valence-electron chi connectivity index (χ1n) is 6.77. The van der Waals surface area contributed by atoms with Crippen LogP contribution in [0.1, 0.15) is 22.5 Å². The van der Waals surface area contributed by atoms with Crippen molar-refractivity contribution in [2.24, 2.45) is 0 Å². The standard InChI is InChI=1S/C15H15BrF3N3O/c1-8-5-4-6-9(2)13(8)20-11(23)7-22-10(3)12(16)14(21-22)15(17,18)19/h4-6H,7H2,1-3H3,(H,20,23). The number of hydrogen-bond acceptors (Lipinski definition) is 2. The van der Waals surface area contributed by atoms with Crippen LogP contribution in [0.2, 0.25) is 0 Å². The van der Waals surface area contributed by atoms with Gasteiger partial charge in [0.2, 0.25) is 5.91 Å². The van der Waals surface area contributed by atoms with E-state index in [2.05, 4.69) is 26.3 Å². The summed E-state index contributed by atoms with van der Waals surface area (Å²) in [5.41, 5.74) is 1.64. The third kappa shape index (κ3) is 3.74. The largest absolute Gasteiger partial charge is 0.436 e. The summed E-state index contributed by atoms with van der Waals surface area (Å²) in [5, 5.41) is 6.22. The van der Waals surface area contributed by atoms with Crippen molar-refractivity contribution < 1.29 is 18.0 Å². The van der Waals surface area contributed by atoms with Crippen molar-refractivity contribution in [3.63, 3.8) is 0 Å². The predicted molar refractivity (Wildman–Crippen MR) is 84.2 cm³/mol. The molecule has 1 aromatic heterocycles. The van der Waals surface area contributed by atoms with Crippen LogP contribution in [0.4, 0.5) is 18.9 Å². The fourth-order valence-electron chi connectivity index (χ4n) is 2.19. The van der Waals surface area contributed by atoms with E-state index in [1.807, 2.05) is 32.0 Å². The van der Waals surface area contributed by atoms with Crippen LogP contribution in [-0.4, -0.2) is 15.7 Å². The Morgan fingerprint density at radius 2 is 1.83 bits per heavy atom. The Labute approximate surface area is 139 Å². The lowest BCUT2D eigenvalue weighted by molar-refractivity contribution is -0.142. The normalized spacial score (nSPS) is 11.6. The third-order valence-electron chi connectivity index (χ3n) is 3.44. The molecule has 0 fully saturated rings. The molecule has 0 aliphatic heterocycles. The number of carbonyl (C=O) groups excluding carboxylic acids is 1. The highest BCUT2D eigenvalue weighted by Gasteiger charge is 2.38. The Morgan fingerprint density at radius 1 is 1.26 bits per heavy atom. The molecule has 1 aromatic carbocycles. The number of hydrogen-bond donors (Lipinski definition) is 1. The van der Waals surface area contributed by atoms with Crippen LogP contribution < -0.4 is 5.32 Å². The number of carbonyl (C=O) groups is 1. The molecule has 0 bridgehead atoms. The maximum absolute atomic E-state index is 12.8. The molecule has 4 nitrogen and oxygen atoms in total. The van der Waals surface area contributed by atoms with Gasteiger partial charge in [-0.1, -0.05) is 18.2 Å². The van der Waals surface area contributed by atoms with Gasteiger partial charge in [0.15, 0.2) is 5.69 Å². The summed E-state index contributed by atoms with van der Waals surface area (Å²) < 4.78 is 39.4. The molecule has 0 saturated carbocycles. The molecule has 1 N–H and O–H groups in total. The van der Waals surface area contributed by atoms with Gasteiger partial charge >= 0.3 is 6.18 Å². The molecule has 0 atom stereocenters. The molecule has 1 amide bonds. The van der Waals surface area contributed by atoms with Gasteiger partial charge in [0.25, 0.3) is 0 Å². The Kier molecular flexibility index (Phi) is 4.84. The van der Waals surface area contributed by atoms with Crippen molar-refractivity contribution in [3.8, 4) is 0 Å². The molecule has 2 aromatic rings. The first-order chi connectivity index (χ1) is 10.6. The zero-order valence-electron chi connectivity index (χ0n) is 12.8. The Bertz CT molecular complexity index is 733. The minimum atomic E-state index is -4.57. The SMILES string of the molecule is Cc1cccc(C)c1NC(=O)Cn1nc(C(F)(F)F)c(Br)c1C. The highest BCUT2D eigenvalue weighted by molar-refractivity contribution is 9.10. The Balaban J connectivity index is 2.22. The monoisotopic (exact) mass is 389 g/mol. The molecular formula is C15H15BrF3N3O. The lowest BCUT2D eigenvalue weighted by atomic mass is 10.1. The van der Waals surface area contributed by atoms with Crippen LogP contribution in [-0.2, 0) is 17.5 Å². The summed E-state index contributed by atoms with van der Waals surface area (Å²) in [4.78, 5) is 12.1. The molecule has 0 aliphatic carbocycles. The molecular weight excluding hydrogens is 375 g/mol. The summed E-state index contributed by atoms with van der Waals surface area (Å²) in [6.45, 7) is 4.87. The molecule has 0 aliphatic rings. The maximum atomic E-state index is 12.8. The first-order valence-corrected chi connectivity index (χ1v) is 7.56. The molecule has 2 rings (SSSR count). The molecule has 8 heteroatoms. The smallest absolute Gasteiger partial charge is 0.324 e. The van der Waals surface area contributed by atoms with E-state index < -0.39 is 17.8 Å². The van der Waals surface area contributed by atoms with Crippen molar-refractivity contribution in [2.45, 2.75) is 33.5 Å². The zero-order valence-corrected chi connectivity index (χ0v) is 14.3. The van der Waals surface area contributed by atoms with Gasteiger partial charge in [-0.25, -0.2) is 0 Å².